The fourth-order valence-corrected chi connectivity index (χ4v) is 3.43. The molecule has 0 fully saturated rings. The predicted octanol–water partition coefficient (Wildman–Crippen LogP) is 3.87. The summed E-state index contributed by atoms with van der Waals surface area (Å²) in [5.74, 6) is -0.577. The minimum absolute atomic E-state index is 0.0307. The van der Waals surface area contributed by atoms with Gasteiger partial charge in [0.25, 0.3) is 5.91 Å². The Hall–Kier alpha value is -3.34. The molecule has 3 aromatic rings. The molecule has 1 aromatic carbocycles. The van der Waals surface area contributed by atoms with Crippen LogP contribution in [0.3, 0.4) is 0 Å². The number of benzene rings is 1. The molecule has 3 rings (SSSR count). The number of amides is 2. The highest BCUT2D eigenvalue weighted by molar-refractivity contribution is 6.33. The highest BCUT2D eigenvalue weighted by Crippen LogP contribution is 2.32. The molecular formula is C22H23ClF3N5O3. The second-order valence-electron chi connectivity index (χ2n) is 7.75. The lowest BCUT2D eigenvalue weighted by atomic mass is 10.0. The number of nitrogens with zero attached hydrogens (tertiary/aromatic N) is 3. The summed E-state index contributed by atoms with van der Waals surface area (Å²) in [4.78, 5) is 25.4. The normalized spacial score (nSPS) is 12.6. The second-order valence-corrected chi connectivity index (χ2v) is 8.16. The third kappa shape index (κ3) is 5.77. The molecule has 12 heteroatoms. The van der Waals surface area contributed by atoms with Crippen LogP contribution in [-0.4, -0.2) is 39.1 Å². The number of hydrogen-bond donors (Lipinski definition) is 2. The van der Waals surface area contributed by atoms with Crippen LogP contribution in [0.2, 0.25) is 5.02 Å². The Balaban J connectivity index is 1.72. The first-order valence-corrected chi connectivity index (χ1v) is 10.8. The lowest BCUT2D eigenvalue weighted by molar-refractivity contribution is -0.137. The number of fused-ring (bicyclic) bond motifs is 1. The number of carbonyl (C=O) groups excluding carboxylic acids is 2. The zero-order valence-corrected chi connectivity index (χ0v) is 19.4. The average Bonchev–Trinajstić information content (AvgIpc) is 3.19. The van der Waals surface area contributed by atoms with Gasteiger partial charge in [0.1, 0.15) is 11.8 Å². The van der Waals surface area contributed by atoms with Crippen molar-refractivity contribution in [1.29, 1.82) is 0 Å². The average molecular weight is 498 g/mol. The molecule has 0 saturated heterocycles. The second kappa shape index (κ2) is 10.3. The van der Waals surface area contributed by atoms with Crippen LogP contribution in [0.25, 0.3) is 5.65 Å². The lowest BCUT2D eigenvalue weighted by Crippen LogP contribution is -2.49. The van der Waals surface area contributed by atoms with E-state index in [1.54, 1.807) is 38.1 Å². The highest BCUT2D eigenvalue weighted by atomic mass is 35.5. The van der Waals surface area contributed by atoms with Crippen molar-refractivity contribution in [2.45, 2.75) is 39.5 Å². The first kappa shape index (κ1) is 25.3. The van der Waals surface area contributed by atoms with Gasteiger partial charge in [-0.2, -0.15) is 13.2 Å². The number of pyridine rings is 1. The van der Waals surface area contributed by atoms with Crippen LogP contribution in [0.1, 0.15) is 42.5 Å². The summed E-state index contributed by atoms with van der Waals surface area (Å²) in [6.07, 6.45) is -3.80. The first-order valence-electron chi connectivity index (χ1n) is 10.4. The van der Waals surface area contributed by atoms with E-state index < -0.39 is 29.6 Å². The van der Waals surface area contributed by atoms with Gasteiger partial charge in [-0.25, -0.2) is 0 Å². The van der Waals surface area contributed by atoms with Crippen molar-refractivity contribution in [3.05, 3.63) is 58.5 Å². The van der Waals surface area contributed by atoms with E-state index in [0.29, 0.717) is 17.9 Å². The number of aromatic nitrogens is 3. The molecule has 0 spiro atoms. The van der Waals surface area contributed by atoms with Gasteiger partial charge >= 0.3 is 6.18 Å². The van der Waals surface area contributed by atoms with Gasteiger partial charge < -0.3 is 15.4 Å². The number of alkyl halides is 3. The van der Waals surface area contributed by atoms with Crippen molar-refractivity contribution < 1.29 is 27.5 Å². The number of halogens is 4. The molecule has 0 saturated carbocycles. The molecule has 0 unspecified atom stereocenters. The Morgan fingerprint density at radius 1 is 1.18 bits per heavy atom. The van der Waals surface area contributed by atoms with Crippen molar-refractivity contribution in [3.63, 3.8) is 0 Å². The lowest BCUT2D eigenvalue weighted by Gasteiger charge is -2.21. The Labute approximate surface area is 198 Å². The quantitative estimate of drug-likeness (QED) is 0.492. The van der Waals surface area contributed by atoms with Gasteiger partial charge in [0, 0.05) is 11.8 Å². The maximum absolute atomic E-state index is 13.1. The Morgan fingerprint density at radius 3 is 2.44 bits per heavy atom. The van der Waals surface area contributed by atoms with E-state index >= 15 is 0 Å². The predicted molar refractivity (Wildman–Crippen MR) is 119 cm³/mol. The summed E-state index contributed by atoms with van der Waals surface area (Å²) in [6, 6.07) is 6.34. The van der Waals surface area contributed by atoms with Gasteiger partial charge in [-0.05, 0) is 43.2 Å². The molecule has 34 heavy (non-hydrogen) atoms. The van der Waals surface area contributed by atoms with Crippen molar-refractivity contribution in [1.82, 2.24) is 25.2 Å². The maximum Gasteiger partial charge on any atom is 0.417 e. The minimum Gasteiger partial charge on any atom is -0.494 e. The van der Waals surface area contributed by atoms with E-state index in [2.05, 4.69) is 20.8 Å². The molecule has 0 radical (unpaired) electrons. The van der Waals surface area contributed by atoms with Gasteiger partial charge in [0.05, 0.1) is 23.7 Å². The summed E-state index contributed by atoms with van der Waals surface area (Å²) >= 11 is 5.91. The molecule has 0 aliphatic heterocycles. The Morgan fingerprint density at radius 2 is 1.85 bits per heavy atom. The van der Waals surface area contributed by atoms with E-state index in [1.165, 1.54) is 0 Å². The number of rotatable bonds is 8. The standard InChI is InChI=1S/C22H23ClF3N5O3/c1-4-34-15-7-5-13(6-8-15)20(32)28-18(12(2)3)21(33)27-10-17-29-30-19-16(23)9-14(11-31(17)19)22(24,25)26/h5-9,11-12,18H,4,10H2,1-3H3,(H,27,33)(H,28,32)/t18-/m1/s1. The maximum atomic E-state index is 13.1. The highest BCUT2D eigenvalue weighted by Gasteiger charge is 2.32. The molecule has 1 atom stereocenters. The van der Waals surface area contributed by atoms with Crippen molar-refractivity contribution in [2.24, 2.45) is 5.92 Å². The molecule has 0 bridgehead atoms. The van der Waals surface area contributed by atoms with E-state index in [9.17, 15) is 22.8 Å². The number of carbonyl (C=O) groups is 2. The van der Waals surface area contributed by atoms with E-state index in [4.69, 9.17) is 16.3 Å². The summed E-state index contributed by atoms with van der Waals surface area (Å²) in [6.45, 7) is 5.62. The molecule has 2 N–H and O–H groups in total. The number of nitrogens with one attached hydrogen (secondary N) is 2. The van der Waals surface area contributed by atoms with E-state index in [-0.39, 0.29) is 29.0 Å². The topological polar surface area (TPSA) is 97.6 Å². The summed E-state index contributed by atoms with van der Waals surface area (Å²) in [7, 11) is 0. The fourth-order valence-electron chi connectivity index (χ4n) is 3.18. The van der Waals surface area contributed by atoms with Gasteiger partial charge in [0.15, 0.2) is 11.5 Å². The molecule has 8 nitrogen and oxygen atoms in total. The van der Waals surface area contributed by atoms with E-state index in [1.807, 2.05) is 6.92 Å². The zero-order valence-electron chi connectivity index (χ0n) is 18.6. The largest absolute Gasteiger partial charge is 0.494 e. The fraction of sp³-hybridized carbons (Fsp3) is 0.364. The van der Waals surface area contributed by atoms with Crippen LogP contribution in [0.5, 0.6) is 5.75 Å². The van der Waals surface area contributed by atoms with Crippen molar-refractivity contribution in [2.75, 3.05) is 6.61 Å². The van der Waals surface area contributed by atoms with Gasteiger partial charge in [-0.1, -0.05) is 25.4 Å². The van der Waals surface area contributed by atoms with Crippen LogP contribution in [0.4, 0.5) is 13.2 Å². The smallest absolute Gasteiger partial charge is 0.417 e. The third-order valence-corrected chi connectivity index (χ3v) is 5.22. The Kier molecular flexibility index (Phi) is 7.65. The monoisotopic (exact) mass is 497 g/mol. The first-order chi connectivity index (χ1) is 16.0. The molecule has 2 aromatic heterocycles. The van der Waals surface area contributed by atoms with Crippen LogP contribution in [0, 0.1) is 5.92 Å². The molecule has 182 valence electrons. The van der Waals surface area contributed by atoms with Crippen molar-refractivity contribution in [3.8, 4) is 5.75 Å². The van der Waals surface area contributed by atoms with E-state index in [0.717, 1.165) is 16.7 Å². The van der Waals surface area contributed by atoms with Crippen LogP contribution in [0.15, 0.2) is 36.5 Å². The zero-order chi connectivity index (χ0) is 25.0. The van der Waals surface area contributed by atoms with Gasteiger partial charge in [0.2, 0.25) is 5.91 Å². The Bertz CT molecular complexity index is 1180. The SMILES string of the molecule is CCOc1ccc(C(=O)N[C@@H](C(=O)NCc2nnc3c(Cl)cc(C(F)(F)F)cn23)C(C)C)cc1. The van der Waals surface area contributed by atoms with Gasteiger partial charge in [-0.3, -0.25) is 14.0 Å². The molecular weight excluding hydrogens is 475 g/mol. The summed E-state index contributed by atoms with van der Waals surface area (Å²) < 4.78 is 45.8. The number of ether oxygens (including phenoxy) is 1. The molecule has 0 aliphatic rings. The summed E-state index contributed by atoms with van der Waals surface area (Å²) in [5.41, 5.74) is -0.595. The van der Waals surface area contributed by atoms with Crippen LogP contribution < -0.4 is 15.4 Å². The molecule has 2 heterocycles. The van der Waals surface area contributed by atoms with Gasteiger partial charge in [-0.15, -0.1) is 10.2 Å². The minimum atomic E-state index is -4.61. The summed E-state index contributed by atoms with van der Waals surface area (Å²) in [5, 5.41) is 12.7. The molecule has 0 aliphatic carbocycles. The third-order valence-electron chi connectivity index (χ3n) is 4.94. The van der Waals surface area contributed by atoms with Crippen LogP contribution >= 0.6 is 11.6 Å². The van der Waals surface area contributed by atoms with Crippen molar-refractivity contribution >= 4 is 29.1 Å². The molecule has 2 amide bonds. The van der Waals surface area contributed by atoms with Crippen LogP contribution in [-0.2, 0) is 17.5 Å². The number of hydrogen-bond acceptors (Lipinski definition) is 5.